The van der Waals surface area contributed by atoms with Gasteiger partial charge >= 0.3 is 0 Å². The van der Waals surface area contributed by atoms with Gasteiger partial charge in [-0.25, -0.2) is 10.0 Å². The summed E-state index contributed by atoms with van der Waals surface area (Å²) in [5, 5.41) is 27.1. The number of benzene rings is 4. The Bertz CT molecular complexity index is 2240. The third-order valence-electron chi connectivity index (χ3n) is 11.3. The van der Waals surface area contributed by atoms with Gasteiger partial charge in [0.05, 0.1) is 26.4 Å². The van der Waals surface area contributed by atoms with Crippen molar-refractivity contribution < 1.29 is 19.4 Å². The molecule has 0 spiro atoms. The lowest BCUT2D eigenvalue weighted by Crippen LogP contribution is -2.36. The van der Waals surface area contributed by atoms with Gasteiger partial charge in [-0.05, 0) is 91.6 Å². The fourth-order valence-corrected chi connectivity index (χ4v) is 8.48. The maximum Gasteiger partial charge on any atom is 0.280 e. The number of carbonyl (C=O) groups is 2. The van der Waals surface area contributed by atoms with Crippen LogP contribution in [0.3, 0.4) is 0 Å². The molecule has 4 aromatic rings. The number of azo groups is 1. The van der Waals surface area contributed by atoms with E-state index in [-0.39, 0.29) is 48.6 Å². The van der Waals surface area contributed by atoms with Crippen LogP contribution in [-0.4, -0.2) is 41.1 Å². The minimum atomic E-state index is -1.28. The minimum absolute atomic E-state index is 0.0660. The summed E-state index contributed by atoms with van der Waals surface area (Å²) in [4.78, 5) is 32.4. The lowest BCUT2D eigenvalue weighted by Gasteiger charge is -2.27. The van der Waals surface area contributed by atoms with Crippen LogP contribution in [0.1, 0.15) is 130 Å². The number of anilines is 3. The summed E-state index contributed by atoms with van der Waals surface area (Å²) in [6, 6.07) is 21.4. The number of aliphatic hydroxyl groups is 1. The third-order valence-corrected chi connectivity index (χ3v) is 12.4. The minimum Gasteiger partial charge on any atom is -0.481 e. The Morgan fingerprint density at radius 3 is 2.00 bits per heavy atom. The number of aliphatic imine (C=N–C) groups is 1. The number of nitrogens with zero attached hydrogens (tertiary/aromatic N) is 4. The first-order chi connectivity index (χ1) is 31.7. The zero-order chi connectivity index (χ0) is 47.6. The Kier molecular flexibility index (Phi) is 20.9. The van der Waals surface area contributed by atoms with Crippen LogP contribution in [0.5, 0.6) is 5.75 Å². The van der Waals surface area contributed by atoms with Crippen molar-refractivity contribution >= 4 is 92.5 Å². The average Bonchev–Trinajstić information content (AvgIpc) is 3.57. The molecule has 5 rings (SSSR count). The van der Waals surface area contributed by atoms with Crippen LogP contribution in [0.25, 0.3) is 0 Å². The van der Waals surface area contributed by atoms with Crippen molar-refractivity contribution in [3.63, 3.8) is 0 Å². The average molecular weight is 982 g/mol. The highest BCUT2D eigenvalue weighted by Crippen LogP contribution is 2.38. The number of ether oxygens (including phenoxy) is 1. The molecular weight excluding hydrogens is 916 g/mol. The fourth-order valence-electron chi connectivity index (χ4n) is 7.33. The molecule has 1 aliphatic rings. The summed E-state index contributed by atoms with van der Waals surface area (Å²) < 4.78 is 6.24. The molecule has 1 fully saturated rings. The number of halogens is 4. The SMILES string of the molecule is CCCCCCCCCCCCCCCc1cccc(OC(CC)C(=O)Nc2ccc(Cl)c(N=C3NN(c4c(Cl)cc(Cl)cc4Cl)C(=O)C3N=Nc3ccc(NC(O)C(C)(C)C)cc3)c2)c1. The van der Waals surface area contributed by atoms with E-state index in [1.165, 1.54) is 94.7 Å². The van der Waals surface area contributed by atoms with Crippen molar-refractivity contribution in [3.05, 3.63) is 105 Å². The van der Waals surface area contributed by atoms with E-state index in [9.17, 15) is 14.7 Å². The molecule has 1 aliphatic heterocycles. The number of carbonyl (C=O) groups excluding carboxylic acids is 2. The van der Waals surface area contributed by atoms with E-state index in [2.05, 4.69) is 39.3 Å². The van der Waals surface area contributed by atoms with Gasteiger partial charge in [-0.1, -0.05) is 170 Å². The van der Waals surface area contributed by atoms with Crippen LogP contribution in [0.2, 0.25) is 20.1 Å². The lowest BCUT2D eigenvalue weighted by molar-refractivity contribution is -0.122. The Balaban J connectivity index is 1.23. The predicted molar refractivity (Wildman–Crippen MR) is 274 cm³/mol. The largest absolute Gasteiger partial charge is 0.481 e. The Hall–Kier alpha value is -4.39. The van der Waals surface area contributed by atoms with Gasteiger partial charge in [-0.3, -0.25) is 15.0 Å². The van der Waals surface area contributed by atoms with Gasteiger partial charge in [-0.2, -0.15) is 10.2 Å². The van der Waals surface area contributed by atoms with E-state index in [4.69, 9.17) is 56.1 Å². The van der Waals surface area contributed by atoms with Crippen LogP contribution >= 0.6 is 46.4 Å². The van der Waals surface area contributed by atoms with Gasteiger partial charge in [-0.15, -0.1) is 0 Å². The van der Waals surface area contributed by atoms with Crippen LogP contribution in [0.4, 0.5) is 28.4 Å². The number of hydrazine groups is 1. The second-order valence-corrected chi connectivity index (χ2v) is 19.5. The maximum atomic E-state index is 14.1. The van der Waals surface area contributed by atoms with Crippen molar-refractivity contribution in [1.82, 2.24) is 5.43 Å². The molecule has 11 nitrogen and oxygen atoms in total. The van der Waals surface area contributed by atoms with E-state index in [1.807, 2.05) is 45.9 Å². The number of hydrogen-bond acceptors (Lipinski definition) is 8. The zero-order valence-electron chi connectivity index (χ0n) is 38.8. The summed E-state index contributed by atoms with van der Waals surface area (Å²) in [7, 11) is 0. The highest BCUT2D eigenvalue weighted by molar-refractivity contribution is 6.43. The van der Waals surface area contributed by atoms with Crippen LogP contribution in [-0.2, 0) is 16.0 Å². The highest BCUT2D eigenvalue weighted by atomic mass is 35.5. The van der Waals surface area contributed by atoms with Crippen molar-refractivity contribution in [2.45, 2.75) is 149 Å². The van der Waals surface area contributed by atoms with Crippen molar-refractivity contribution in [3.8, 4) is 5.75 Å². The normalized spacial score (nSPS) is 15.6. The summed E-state index contributed by atoms with van der Waals surface area (Å²) in [5.41, 5.74) is 5.70. The standard InChI is InChI=1S/C51H65Cl4N7O4/c1-6-8-9-10-11-12-13-14-15-16-17-18-19-21-34-22-20-23-39(30-34)66-44(7-2)48(63)56-38-28-29-40(53)43(33-38)58-47-45(49(64)62(61-47)46-41(54)31-35(52)32-42(46)55)60-59-37-26-24-36(25-27-37)57-50(65)51(3,4)5/h20,22-33,44-45,50,57,65H,6-19,21H2,1-5H3,(H,56,63)(H,58,61). The zero-order valence-corrected chi connectivity index (χ0v) is 41.8. The molecule has 0 bridgehead atoms. The van der Waals surface area contributed by atoms with E-state index >= 15 is 0 Å². The molecule has 0 aromatic heterocycles. The van der Waals surface area contributed by atoms with Gasteiger partial charge < -0.3 is 20.5 Å². The molecule has 1 heterocycles. The number of aliphatic hydroxyl groups excluding tert-OH is 1. The number of unbranched alkanes of at least 4 members (excludes halogenated alkanes) is 12. The van der Waals surface area contributed by atoms with Gasteiger partial charge in [0.15, 0.2) is 11.9 Å². The fraction of sp³-hybridized carbons (Fsp3) is 0.471. The summed E-state index contributed by atoms with van der Waals surface area (Å²) in [6.45, 7) is 9.92. The summed E-state index contributed by atoms with van der Waals surface area (Å²) in [6.07, 6.45) is 17.0. The molecule has 3 atom stereocenters. The number of amides is 2. The van der Waals surface area contributed by atoms with Gasteiger partial charge in [0, 0.05) is 21.8 Å². The number of aryl methyl sites for hydroxylation is 1. The molecular formula is C51H65Cl4N7O4. The highest BCUT2D eigenvalue weighted by Gasteiger charge is 2.41. The molecule has 2 amide bonds. The van der Waals surface area contributed by atoms with E-state index < -0.39 is 24.3 Å². The van der Waals surface area contributed by atoms with Crippen LogP contribution < -0.4 is 25.8 Å². The van der Waals surface area contributed by atoms with Gasteiger partial charge in [0.2, 0.25) is 6.04 Å². The predicted octanol–water partition coefficient (Wildman–Crippen LogP) is 15.2. The van der Waals surface area contributed by atoms with Crippen LogP contribution in [0.15, 0.2) is 94.1 Å². The monoisotopic (exact) mass is 979 g/mol. The second kappa shape index (κ2) is 26.2. The molecule has 1 saturated heterocycles. The van der Waals surface area contributed by atoms with E-state index in [0.29, 0.717) is 29.2 Å². The van der Waals surface area contributed by atoms with Crippen LogP contribution in [0, 0.1) is 5.41 Å². The summed E-state index contributed by atoms with van der Waals surface area (Å²) >= 11 is 26.0. The lowest BCUT2D eigenvalue weighted by atomic mass is 9.94. The van der Waals surface area contributed by atoms with Crippen molar-refractivity contribution in [2.75, 3.05) is 15.6 Å². The number of nitrogens with one attached hydrogen (secondary N) is 3. The van der Waals surface area contributed by atoms with E-state index in [1.54, 1.807) is 42.5 Å². The molecule has 4 N–H and O–H groups in total. The first-order valence-electron chi connectivity index (χ1n) is 23.3. The molecule has 66 heavy (non-hydrogen) atoms. The smallest absolute Gasteiger partial charge is 0.280 e. The number of amidine groups is 1. The van der Waals surface area contributed by atoms with E-state index in [0.717, 1.165) is 17.9 Å². The molecule has 0 aliphatic carbocycles. The van der Waals surface area contributed by atoms with Gasteiger partial charge in [0.25, 0.3) is 11.8 Å². The second-order valence-electron chi connectivity index (χ2n) is 17.9. The van der Waals surface area contributed by atoms with Gasteiger partial charge in [0.1, 0.15) is 17.7 Å². The quantitative estimate of drug-likeness (QED) is 0.0296. The Morgan fingerprint density at radius 1 is 0.788 bits per heavy atom. The first-order valence-corrected chi connectivity index (χ1v) is 24.8. The molecule has 356 valence electrons. The van der Waals surface area contributed by atoms with Crippen molar-refractivity contribution in [1.29, 1.82) is 0 Å². The Morgan fingerprint density at radius 2 is 1.39 bits per heavy atom. The number of rotatable bonds is 25. The van der Waals surface area contributed by atoms with Crippen molar-refractivity contribution in [2.24, 2.45) is 20.6 Å². The maximum absolute atomic E-state index is 14.1. The Labute approximate surface area is 411 Å². The molecule has 4 aromatic carbocycles. The molecule has 0 saturated carbocycles. The molecule has 15 heteroatoms. The third kappa shape index (κ3) is 16.1. The molecule has 3 unspecified atom stereocenters. The first kappa shape index (κ1) is 52.6. The topological polar surface area (TPSA) is 140 Å². The number of hydrogen-bond donors (Lipinski definition) is 4. The summed E-state index contributed by atoms with van der Waals surface area (Å²) in [5.74, 6) is -0.209. The molecule has 0 radical (unpaired) electrons.